The highest BCUT2D eigenvalue weighted by molar-refractivity contribution is 9.10. The van der Waals surface area contributed by atoms with E-state index in [9.17, 15) is 0 Å². The van der Waals surface area contributed by atoms with Gasteiger partial charge < -0.3 is 15.8 Å². The number of ether oxygens (including phenoxy) is 1. The molecule has 0 aliphatic carbocycles. The SMILES string of the molecule is COc1ccccc1CCNc1cc(Br)ccc1N. The van der Waals surface area contributed by atoms with Gasteiger partial charge in [-0.25, -0.2) is 0 Å². The van der Waals surface area contributed by atoms with Crippen molar-refractivity contribution < 1.29 is 4.74 Å². The van der Waals surface area contributed by atoms with Crippen LogP contribution in [0.1, 0.15) is 5.56 Å². The molecule has 0 heterocycles. The first-order valence-electron chi connectivity index (χ1n) is 6.11. The maximum atomic E-state index is 5.92. The van der Waals surface area contributed by atoms with Crippen molar-refractivity contribution >= 4 is 27.3 Å². The number of anilines is 2. The van der Waals surface area contributed by atoms with Gasteiger partial charge in [0, 0.05) is 11.0 Å². The third-order valence-corrected chi connectivity index (χ3v) is 3.41. The topological polar surface area (TPSA) is 47.3 Å². The molecule has 0 aliphatic rings. The summed E-state index contributed by atoms with van der Waals surface area (Å²) in [5.74, 6) is 0.923. The van der Waals surface area contributed by atoms with Crippen molar-refractivity contribution in [2.24, 2.45) is 0 Å². The second kappa shape index (κ2) is 6.48. The molecule has 3 nitrogen and oxygen atoms in total. The van der Waals surface area contributed by atoms with Crippen LogP contribution in [0.4, 0.5) is 11.4 Å². The molecule has 0 amide bonds. The van der Waals surface area contributed by atoms with Crippen LogP contribution in [0, 0.1) is 0 Å². The number of hydrogen-bond acceptors (Lipinski definition) is 3. The number of nitrogens with one attached hydrogen (secondary N) is 1. The van der Waals surface area contributed by atoms with E-state index in [0.717, 1.165) is 34.6 Å². The summed E-state index contributed by atoms with van der Waals surface area (Å²) in [4.78, 5) is 0. The first-order valence-corrected chi connectivity index (χ1v) is 6.91. The third kappa shape index (κ3) is 3.64. The highest BCUT2D eigenvalue weighted by atomic mass is 79.9. The number of halogens is 1. The standard InChI is InChI=1S/C15H17BrN2O/c1-19-15-5-3-2-4-11(15)8-9-18-14-10-12(16)6-7-13(14)17/h2-7,10,18H,8-9,17H2,1H3. The molecular formula is C15H17BrN2O. The van der Waals surface area contributed by atoms with Gasteiger partial charge in [-0.2, -0.15) is 0 Å². The Morgan fingerprint density at radius 3 is 2.79 bits per heavy atom. The van der Waals surface area contributed by atoms with Crippen LogP contribution in [0.15, 0.2) is 46.9 Å². The Morgan fingerprint density at radius 2 is 2.00 bits per heavy atom. The lowest BCUT2D eigenvalue weighted by Crippen LogP contribution is -2.07. The van der Waals surface area contributed by atoms with Crippen LogP contribution in [0.2, 0.25) is 0 Å². The number of benzene rings is 2. The predicted molar refractivity (Wildman–Crippen MR) is 83.7 cm³/mol. The molecule has 0 bridgehead atoms. The molecule has 0 aliphatic heterocycles. The summed E-state index contributed by atoms with van der Waals surface area (Å²) < 4.78 is 6.35. The van der Waals surface area contributed by atoms with E-state index in [2.05, 4.69) is 27.3 Å². The Balaban J connectivity index is 1.98. The minimum absolute atomic E-state index is 0.753. The quantitative estimate of drug-likeness (QED) is 0.826. The molecule has 0 saturated heterocycles. The Morgan fingerprint density at radius 1 is 1.21 bits per heavy atom. The predicted octanol–water partition coefficient (Wildman–Crippen LogP) is 3.69. The van der Waals surface area contributed by atoms with Crippen LogP contribution in [0.5, 0.6) is 5.75 Å². The van der Waals surface area contributed by atoms with E-state index in [4.69, 9.17) is 10.5 Å². The van der Waals surface area contributed by atoms with E-state index in [-0.39, 0.29) is 0 Å². The fraction of sp³-hybridized carbons (Fsp3) is 0.200. The molecule has 0 spiro atoms. The zero-order valence-corrected chi connectivity index (χ0v) is 12.4. The van der Waals surface area contributed by atoms with E-state index < -0.39 is 0 Å². The first kappa shape index (κ1) is 13.7. The number of hydrogen-bond donors (Lipinski definition) is 2. The molecule has 4 heteroatoms. The molecule has 0 radical (unpaired) electrons. The zero-order valence-electron chi connectivity index (χ0n) is 10.8. The van der Waals surface area contributed by atoms with Gasteiger partial charge in [0.2, 0.25) is 0 Å². The molecule has 2 aromatic carbocycles. The third-order valence-electron chi connectivity index (χ3n) is 2.92. The van der Waals surface area contributed by atoms with Crippen molar-refractivity contribution in [3.63, 3.8) is 0 Å². The number of nitrogens with two attached hydrogens (primary N) is 1. The maximum absolute atomic E-state index is 5.92. The summed E-state index contributed by atoms with van der Waals surface area (Å²) >= 11 is 3.44. The summed E-state index contributed by atoms with van der Waals surface area (Å²) in [6.07, 6.45) is 0.885. The van der Waals surface area contributed by atoms with Gasteiger partial charge in [0.15, 0.2) is 0 Å². The molecule has 0 aromatic heterocycles. The van der Waals surface area contributed by atoms with Gasteiger partial charge in [-0.1, -0.05) is 34.1 Å². The van der Waals surface area contributed by atoms with Crippen LogP contribution in [-0.2, 0) is 6.42 Å². The second-order valence-corrected chi connectivity index (χ2v) is 5.14. The lowest BCUT2D eigenvalue weighted by Gasteiger charge is -2.11. The van der Waals surface area contributed by atoms with Crippen molar-refractivity contribution in [1.82, 2.24) is 0 Å². The number of nitrogen functional groups attached to an aromatic ring is 1. The molecular weight excluding hydrogens is 304 g/mol. The summed E-state index contributed by atoms with van der Waals surface area (Å²) in [6.45, 7) is 0.807. The molecule has 0 saturated carbocycles. The minimum Gasteiger partial charge on any atom is -0.496 e. The fourth-order valence-electron chi connectivity index (χ4n) is 1.92. The second-order valence-electron chi connectivity index (χ2n) is 4.22. The molecule has 2 aromatic rings. The minimum atomic E-state index is 0.753. The first-order chi connectivity index (χ1) is 9.20. The van der Waals surface area contributed by atoms with Crippen LogP contribution in [-0.4, -0.2) is 13.7 Å². The highest BCUT2D eigenvalue weighted by Crippen LogP contribution is 2.24. The van der Waals surface area contributed by atoms with Crippen molar-refractivity contribution in [1.29, 1.82) is 0 Å². The Labute approximate surface area is 121 Å². The summed E-state index contributed by atoms with van der Waals surface area (Å²) in [6, 6.07) is 13.8. The van der Waals surface area contributed by atoms with E-state index in [1.807, 2.05) is 36.4 Å². The van der Waals surface area contributed by atoms with E-state index in [1.54, 1.807) is 7.11 Å². The molecule has 0 fully saturated rings. The number of rotatable bonds is 5. The Kier molecular flexibility index (Phi) is 4.68. The summed E-state index contributed by atoms with van der Waals surface area (Å²) in [7, 11) is 1.69. The number of para-hydroxylation sites is 1. The zero-order chi connectivity index (χ0) is 13.7. The molecule has 0 unspecified atom stereocenters. The molecule has 0 atom stereocenters. The van der Waals surface area contributed by atoms with Crippen molar-refractivity contribution in [3.8, 4) is 5.75 Å². The van der Waals surface area contributed by atoms with Gasteiger partial charge in [0.05, 0.1) is 18.5 Å². The highest BCUT2D eigenvalue weighted by Gasteiger charge is 2.03. The van der Waals surface area contributed by atoms with Crippen molar-refractivity contribution in [2.45, 2.75) is 6.42 Å². The van der Waals surface area contributed by atoms with Gasteiger partial charge in [0.1, 0.15) is 5.75 Å². The molecule has 2 rings (SSSR count). The van der Waals surface area contributed by atoms with Gasteiger partial charge in [0.25, 0.3) is 0 Å². The Hall–Kier alpha value is -1.68. The van der Waals surface area contributed by atoms with E-state index >= 15 is 0 Å². The lowest BCUT2D eigenvalue weighted by molar-refractivity contribution is 0.410. The monoisotopic (exact) mass is 320 g/mol. The molecule has 100 valence electrons. The largest absolute Gasteiger partial charge is 0.496 e. The van der Waals surface area contributed by atoms with Crippen LogP contribution < -0.4 is 15.8 Å². The van der Waals surface area contributed by atoms with Gasteiger partial charge >= 0.3 is 0 Å². The average molecular weight is 321 g/mol. The van der Waals surface area contributed by atoms with Gasteiger partial charge in [-0.15, -0.1) is 0 Å². The van der Waals surface area contributed by atoms with Gasteiger partial charge in [-0.3, -0.25) is 0 Å². The molecule has 3 N–H and O–H groups in total. The lowest BCUT2D eigenvalue weighted by atomic mass is 10.1. The number of methoxy groups -OCH3 is 1. The normalized spacial score (nSPS) is 10.2. The van der Waals surface area contributed by atoms with Crippen molar-refractivity contribution in [2.75, 3.05) is 24.7 Å². The van der Waals surface area contributed by atoms with E-state index in [1.165, 1.54) is 5.56 Å². The smallest absolute Gasteiger partial charge is 0.122 e. The summed E-state index contributed by atoms with van der Waals surface area (Å²) in [5.41, 5.74) is 8.80. The maximum Gasteiger partial charge on any atom is 0.122 e. The van der Waals surface area contributed by atoms with Crippen LogP contribution >= 0.6 is 15.9 Å². The van der Waals surface area contributed by atoms with Crippen molar-refractivity contribution in [3.05, 3.63) is 52.5 Å². The van der Waals surface area contributed by atoms with Crippen LogP contribution in [0.3, 0.4) is 0 Å². The fourth-order valence-corrected chi connectivity index (χ4v) is 2.28. The average Bonchev–Trinajstić information content (AvgIpc) is 2.43. The Bertz CT molecular complexity index is 558. The molecule has 19 heavy (non-hydrogen) atoms. The summed E-state index contributed by atoms with van der Waals surface area (Å²) in [5, 5.41) is 3.34. The van der Waals surface area contributed by atoms with E-state index in [0.29, 0.717) is 0 Å². The van der Waals surface area contributed by atoms with Gasteiger partial charge in [-0.05, 0) is 36.2 Å². The van der Waals surface area contributed by atoms with Crippen LogP contribution in [0.25, 0.3) is 0 Å².